The minimum atomic E-state index is -1.46. The van der Waals surface area contributed by atoms with Gasteiger partial charge in [0.1, 0.15) is 5.54 Å². The largest absolute Gasteiger partial charge is 0.368 e. The number of nitrogens with one attached hydrogen (secondary N) is 1. The number of nitrogens with two attached hydrogens (primary N) is 1. The highest BCUT2D eigenvalue weighted by atomic mass is 16.2. The fourth-order valence-corrected chi connectivity index (χ4v) is 5.66. The Hall–Kier alpha value is -4.82. The van der Waals surface area contributed by atoms with Crippen molar-refractivity contribution in [1.29, 1.82) is 0 Å². The average molecular weight is 563 g/mol. The molecule has 0 aromatic heterocycles. The van der Waals surface area contributed by atoms with Crippen LogP contribution in [0.5, 0.6) is 0 Å². The summed E-state index contributed by atoms with van der Waals surface area (Å²) in [5.41, 5.74) is 8.36. The summed E-state index contributed by atoms with van der Waals surface area (Å²) in [6.45, 7) is 5.21. The number of likely N-dealkylation sites (N-methyl/N-ethyl adjacent to an activating group) is 1. The number of hydrogen-bond donors (Lipinski definition) is 2. The average Bonchev–Trinajstić information content (AvgIpc) is 3.12. The van der Waals surface area contributed by atoms with E-state index in [2.05, 4.69) is 11.4 Å². The van der Waals surface area contributed by atoms with Gasteiger partial charge in [0.2, 0.25) is 11.8 Å². The van der Waals surface area contributed by atoms with E-state index in [0.29, 0.717) is 22.5 Å². The van der Waals surface area contributed by atoms with Crippen molar-refractivity contribution in [2.24, 2.45) is 11.7 Å². The number of para-hydroxylation sites is 2. The Bertz CT molecular complexity index is 1710. The van der Waals surface area contributed by atoms with E-state index in [1.165, 1.54) is 11.8 Å². The minimum Gasteiger partial charge on any atom is -0.368 e. The number of rotatable bonds is 7. The summed E-state index contributed by atoms with van der Waals surface area (Å²) in [6.07, 6.45) is 0. The van der Waals surface area contributed by atoms with E-state index in [0.717, 1.165) is 21.9 Å². The fraction of sp³-hybridized carbons (Fsp3) is 0.235. The Kier molecular flexibility index (Phi) is 7.67. The van der Waals surface area contributed by atoms with Gasteiger partial charge in [-0.2, -0.15) is 0 Å². The van der Waals surface area contributed by atoms with Crippen LogP contribution >= 0.6 is 0 Å². The van der Waals surface area contributed by atoms with Gasteiger partial charge in [0.25, 0.3) is 5.91 Å². The zero-order valence-electron chi connectivity index (χ0n) is 24.2. The summed E-state index contributed by atoms with van der Waals surface area (Å²) >= 11 is 0. The smallest absolute Gasteiger partial charge is 0.258 e. The second-order valence-electron chi connectivity index (χ2n) is 10.9. The number of carbonyl (C=O) groups is 4. The maximum atomic E-state index is 14.6. The second-order valence-corrected chi connectivity index (χ2v) is 10.9. The lowest BCUT2D eigenvalue weighted by Crippen LogP contribution is -2.63. The van der Waals surface area contributed by atoms with Gasteiger partial charge in [-0.05, 0) is 74.0 Å². The molecular formula is C34H34N4O4. The Morgan fingerprint density at radius 1 is 0.905 bits per heavy atom. The van der Waals surface area contributed by atoms with Gasteiger partial charge < -0.3 is 20.9 Å². The number of anilines is 2. The van der Waals surface area contributed by atoms with Crippen molar-refractivity contribution in [3.8, 4) is 0 Å². The normalized spacial score (nSPS) is 16.5. The van der Waals surface area contributed by atoms with Crippen LogP contribution in [-0.2, 0) is 16.1 Å². The molecule has 2 atom stereocenters. The molecule has 0 bridgehead atoms. The first-order chi connectivity index (χ1) is 20.1. The first kappa shape index (κ1) is 28.7. The van der Waals surface area contributed by atoms with Gasteiger partial charge >= 0.3 is 0 Å². The summed E-state index contributed by atoms with van der Waals surface area (Å²) < 4.78 is 0. The van der Waals surface area contributed by atoms with Crippen LogP contribution in [0.25, 0.3) is 10.8 Å². The van der Waals surface area contributed by atoms with Crippen LogP contribution in [0.3, 0.4) is 0 Å². The molecular weight excluding hydrogens is 528 g/mol. The monoisotopic (exact) mass is 562 g/mol. The molecule has 8 heteroatoms. The van der Waals surface area contributed by atoms with Crippen molar-refractivity contribution in [3.63, 3.8) is 0 Å². The highest BCUT2D eigenvalue weighted by Crippen LogP contribution is 2.39. The number of primary amides is 1. The zero-order chi connectivity index (χ0) is 30.2. The van der Waals surface area contributed by atoms with Crippen molar-refractivity contribution in [3.05, 3.63) is 107 Å². The van der Waals surface area contributed by atoms with Gasteiger partial charge in [-0.25, -0.2) is 0 Å². The fourth-order valence-electron chi connectivity index (χ4n) is 5.66. The number of ketones is 1. The number of hydrogen-bond acceptors (Lipinski definition) is 5. The number of Topliss-reactive ketones (excluding diaryl/α,β-unsaturated/α-hetero) is 1. The minimum absolute atomic E-state index is 0.0888. The third-order valence-electron chi connectivity index (χ3n) is 8.50. The number of nitrogens with zero attached hydrogens (tertiary/aromatic N) is 2. The predicted octanol–water partition coefficient (Wildman–Crippen LogP) is 4.62. The second kappa shape index (κ2) is 11.2. The van der Waals surface area contributed by atoms with Gasteiger partial charge in [-0.1, -0.05) is 60.7 Å². The SMILES string of the molecule is CNC(C)(C(N)=O)[C@@H]1CN(C(=O)c2ccc(C(C)=O)cc2)c2ccccc2N(Cc2c(C)ccc3ccccc23)C1=O. The highest BCUT2D eigenvalue weighted by Gasteiger charge is 2.48. The molecule has 4 aromatic carbocycles. The van der Waals surface area contributed by atoms with Crippen molar-refractivity contribution in [2.75, 3.05) is 23.4 Å². The lowest BCUT2D eigenvalue weighted by molar-refractivity contribution is -0.133. The topological polar surface area (TPSA) is 113 Å². The molecule has 0 saturated carbocycles. The zero-order valence-corrected chi connectivity index (χ0v) is 24.2. The molecule has 0 saturated heterocycles. The maximum Gasteiger partial charge on any atom is 0.258 e. The molecule has 1 aliphatic heterocycles. The Labute approximate surface area is 245 Å². The molecule has 1 heterocycles. The van der Waals surface area contributed by atoms with Crippen LogP contribution in [-0.4, -0.2) is 42.6 Å². The molecule has 8 nitrogen and oxygen atoms in total. The first-order valence-corrected chi connectivity index (χ1v) is 13.9. The van der Waals surface area contributed by atoms with Crippen molar-refractivity contribution in [2.45, 2.75) is 32.9 Å². The number of aryl methyl sites for hydroxylation is 1. The molecule has 4 aromatic rings. The summed E-state index contributed by atoms with van der Waals surface area (Å²) in [5, 5.41) is 5.05. The molecule has 0 fully saturated rings. The first-order valence-electron chi connectivity index (χ1n) is 13.9. The van der Waals surface area contributed by atoms with Crippen LogP contribution in [0.15, 0.2) is 84.9 Å². The summed E-state index contributed by atoms with van der Waals surface area (Å²) in [4.78, 5) is 56.6. The van der Waals surface area contributed by atoms with Gasteiger partial charge in [-0.3, -0.25) is 19.2 Å². The molecule has 0 radical (unpaired) electrons. The summed E-state index contributed by atoms with van der Waals surface area (Å²) in [5.74, 6) is -2.50. The molecule has 5 rings (SSSR count). The molecule has 0 spiro atoms. The van der Waals surface area contributed by atoms with E-state index >= 15 is 0 Å². The number of fused-ring (bicyclic) bond motifs is 2. The van der Waals surface area contributed by atoms with Gasteiger partial charge in [0.05, 0.1) is 23.8 Å². The number of amides is 3. The number of benzene rings is 4. The lowest BCUT2D eigenvalue weighted by atomic mass is 9.83. The molecule has 1 unspecified atom stereocenters. The van der Waals surface area contributed by atoms with Crippen LogP contribution in [0.4, 0.5) is 11.4 Å². The quantitative estimate of drug-likeness (QED) is 0.319. The number of carbonyl (C=O) groups excluding carboxylic acids is 4. The summed E-state index contributed by atoms with van der Waals surface area (Å²) in [7, 11) is 1.59. The molecule has 3 N–H and O–H groups in total. The van der Waals surface area contributed by atoms with E-state index in [4.69, 9.17) is 5.73 Å². The van der Waals surface area contributed by atoms with E-state index in [9.17, 15) is 19.2 Å². The molecule has 1 aliphatic rings. The van der Waals surface area contributed by atoms with Crippen molar-refractivity contribution >= 4 is 45.7 Å². The highest BCUT2D eigenvalue weighted by molar-refractivity contribution is 6.13. The summed E-state index contributed by atoms with van der Waals surface area (Å²) in [6, 6.07) is 25.8. The Morgan fingerprint density at radius 2 is 1.52 bits per heavy atom. The van der Waals surface area contributed by atoms with Gasteiger partial charge in [-0.15, -0.1) is 0 Å². The van der Waals surface area contributed by atoms with Crippen molar-refractivity contribution < 1.29 is 19.2 Å². The molecule has 3 amide bonds. The van der Waals surface area contributed by atoms with Gasteiger partial charge in [0, 0.05) is 17.7 Å². The third-order valence-corrected chi connectivity index (χ3v) is 8.50. The van der Waals surface area contributed by atoms with Crippen LogP contribution in [0, 0.1) is 12.8 Å². The Balaban J connectivity index is 1.69. The van der Waals surface area contributed by atoms with E-state index < -0.39 is 17.4 Å². The molecule has 214 valence electrons. The predicted molar refractivity (Wildman–Crippen MR) is 165 cm³/mol. The van der Waals surface area contributed by atoms with Crippen LogP contribution in [0.1, 0.15) is 45.7 Å². The maximum absolute atomic E-state index is 14.6. The van der Waals surface area contributed by atoms with E-state index in [1.807, 2.05) is 55.5 Å². The van der Waals surface area contributed by atoms with E-state index in [-0.39, 0.29) is 30.7 Å². The standard InChI is InChI=1S/C34H34N4O4/c1-21-13-14-24-9-5-6-10-26(24)27(21)19-37-29-11-7-8-12-30(29)38(20-28(32(37)41)34(3,36-4)33(35)42)31(40)25-17-15-23(16-18-25)22(2)39/h5-18,28,36H,19-20H2,1-4H3,(H2,35,42)/t28-,34?/m1/s1. The Morgan fingerprint density at radius 3 is 2.17 bits per heavy atom. The lowest BCUT2D eigenvalue weighted by Gasteiger charge is -2.36. The van der Waals surface area contributed by atoms with Crippen molar-refractivity contribution in [1.82, 2.24) is 5.32 Å². The van der Waals surface area contributed by atoms with E-state index in [1.54, 1.807) is 49.2 Å². The molecule has 42 heavy (non-hydrogen) atoms. The molecule has 0 aliphatic carbocycles. The van der Waals surface area contributed by atoms with Gasteiger partial charge in [0.15, 0.2) is 5.78 Å². The van der Waals surface area contributed by atoms with Crippen LogP contribution < -0.4 is 20.9 Å². The van der Waals surface area contributed by atoms with Crippen LogP contribution in [0.2, 0.25) is 0 Å². The third kappa shape index (κ3) is 4.94.